The van der Waals surface area contributed by atoms with Crippen LogP contribution in [-0.2, 0) is 19.3 Å². The van der Waals surface area contributed by atoms with E-state index in [4.69, 9.17) is 0 Å². The topological polar surface area (TPSA) is 9.72 Å². The number of anilines is 9. The number of aryl methyl sites for hydroxylation is 3. The van der Waals surface area contributed by atoms with Crippen molar-refractivity contribution in [2.24, 2.45) is 0 Å². The second kappa shape index (κ2) is 21.9. The van der Waals surface area contributed by atoms with Gasteiger partial charge in [0.15, 0.2) is 0 Å². The van der Waals surface area contributed by atoms with Gasteiger partial charge in [-0.05, 0) is 163 Å². The summed E-state index contributed by atoms with van der Waals surface area (Å²) in [6, 6.07) is 61.0. The monoisotopic (exact) mass is 938 g/mol. The lowest BCUT2D eigenvalue weighted by Gasteiger charge is -2.44. The molecule has 0 saturated carbocycles. The lowest BCUT2D eigenvalue weighted by Crippen LogP contribution is -2.60. The van der Waals surface area contributed by atoms with Crippen LogP contribution in [0.2, 0.25) is 0 Å². The van der Waals surface area contributed by atoms with Crippen LogP contribution in [-0.4, -0.2) is 6.71 Å². The Labute approximate surface area is 424 Å². The third kappa shape index (κ3) is 9.59. The van der Waals surface area contributed by atoms with Gasteiger partial charge < -0.3 is 14.7 Å². The lowest BCUT2D eigenvalue weighted by atomic mass is 9.36. The molecule has 2 aliphatic heterocycles. The molecule has 3 heterocycles. The van der Waals surface area contributed by atoms with Gasteiger partial charge in [-0.3, -0.25) is 0 Å². The fraction of sp³-hybridized carbons (Fsp3) is 0.323. The van der Waals surface area contributed by atoms with Crippen LogP contribution >= 0.6 is 11.3 Å². The van der Waals surface area contributed by atoms with Gasteiger partial charge in [-0.25, -0.2) is 0 Å². The summed E-state index contributed by atoms with van der Waals surface area (Å²) in [7, 11) is 0. The van der Waals surface area contributed by atoms with Crippen LogP contribution in [0, 0.1) is 0 Å². The van der Waals surface area contributed by atoms with Crippen molar-refractivity contribution < 1.29 is 0 Å². The van der Waals surface area contributed by atoms with Gasteiger partial charge >= 0.3 is 0 Å². The first-order valence-corrected chi connectivity index (χ1v) is 27.9. The molecule has 0 spiro atoms. The minimum Gasteiger partial charge on any atom is -0.311 e. The number of rotatable bonds is 21. The van der Waals surface area contributed by atoms with E-state index in [9.17, 15) is 0 Å². The molecule has 5 heteroatoms. The Morgan fingerprint density at radius 2 is 1.11 bits per heavy atom. The van der Waals surface area contributed by atoms with Gasteiger partial charge in [0.1, 0.15) is 0 Å². The van der Waals surface area contributed by atoms with Crippen molar-refractivity contribution >= 4 is 95.0 Å². The Hall–Kier alpha value is -6.04. The summed E-state index contributed by atoms with van der Waals surface area (Å²) in [6.45, 7) is 11.8. The van der Waals surface area contributed by atoms with Gasteiger partial charge in [0.25, 0.3) is 6.71 Å². The van der Waals surface area contributed by atoms with Gasteiger partial charge in [0.05, 0.1) is 5.69 Å². The van der Waals surface area contributed by atoms with E-state index in [1.807, 2.05) is 11.3 Å². The zero-order chi connectivity index (χ0) is 48.0. The summed E-state index contributed by atoms with van der Waals surface area (Å²) in [4.78, 5) is 7.78. The molecule has 0 amide bonds. The Morgan fingerprint density at radius 3 is 1.81 bits per heavy atom. The van der Waals surface area contributed by atoms with Crippen molar-refractivity contribution in [3.05, 3.63) is 180 Å². The second-order valence-electron chi connectivity index (χ2n) is 20.2. The highest BCUT2D eigenvalue weighted by Crippen LogP contribution is 2.50. The van der Waals surface area contributed by atoms with E-state index < -0.39 is 0 Å². The number of hydrogen-bond acceptors (Lipinski definition) is 4. The highest BCUT2D eigenvalue weighted by Gasteiger charge is 2.46. The van der Waals surface area contributed by atoms with Crippen LogP contribution in [0.15, 0.2) is 158 Å². The molecule has 8 aromatic rings. The second-order valence-corrected chi connectivity index (χ2v) is 21.3. The molecule has 1 atom stereocenters. The molecule has 0 N–H and O–H groups in total. The fourth-order valence-electron chi connectivity index (χ4n) is 11.3. The zero-order valence-corrected chi connectivity index (χ0v) is 43.3. The third-order valence-corrected chi connectivity index (χ3v) is 16.4. The first kappa shape index (κ1) is 47.6. The predicted molar refractivity (Wildman–Crippen MR) is 308 cm³/mol. The molecule has 3 nitrogen and oxygen atoms in total. The molecule has 10 rings (SSSR count). The first-order valence-electron chi connectivity index (χ1n) is 27.0. The standard InChI is InChI=1S/C65H72BN3S/c1-6-10-14-15-18-27-50-36-40-57-62(43-50)70-65-64(57)69(54-37-34-48(35-38-54)25-12-8-3)61-45-51(47(5)24-11-7-2)44-60-63(61)66(65)58-41-39-56(67(52-29-19-16-20-30-52)53-31-21-17-22-32-53)46-59(58)68(60)55-33-23-28-49(42-55)26-13-9-4/h16-17,19-23,28-47H,6-15,18,24-27H2,1-5H3. The highest BCUT2D eigenvalue weighted by atomic mass is 32.1. The van der Waals surface area contributed by atoms with Crippen molar-refractivity contribution in [3.8, 4) is 0 Å². The molecule has 0 radical (unpaired) electrons. The van der Waals surface area contributed by atoms with Gasteiger partial charge in [-0.15, -0.1) is 11.3 Å². The van der Waals surface area contributed by atoms with Crippen molar-refractivity contribution in [1.29, 1.82) is 0 Å². The van der Waals surface area contributed by atoms with Crippen molar-refractivity contribution in [1.82, 2.24) is 0 Å². The largest absolute Gasteiger partial charge is 0.311 e. The number of benzene rings is 7. The maximum Gasteiger partial charge on any atom is 0.264 e. The summed E-state index contributed by atoms with van der Waals surface area (Å²) in [6.07, 6.45) is 18.1. The van der Waals surface area contributed by atoms with Gasteiger partial charge in [0.2, 0.25) is 0 Å². The van der Waals surface area contributed by atoms with Crippen molar-refractivity contribution in [2.45, 2.75) is 137 Å². The molecule has 356 valence electrons. The lowest BCUT2D eigenvalue weighted by molar-refractivity contribution is 0.624. The molecular formula is C65H72BN3S. The van der Waals surface area contributed by atoms with E-state index in [1.54, 1.807) is 0 Å². The molecule has 0 aliphatic carbocycles. The van der Waals surface area contributed by atoms with E-state index in [-0.39, 0.29) is 6.71 Å². The Kier molecular flexibility index (Phi) is 14.9. The maximum atomic E-state index is 2.69. The van der Waals surface area contributed by atoms with Crippen LogP contribution < -0.4 is 30.4 Å². The number of fused-ring (bicyclic) bond motifs is 6. The molecule has 0 saturated heterocycles. The quantitative estimate of drug-likeness (QED) is 0.0525. The van der Waals surface area contributed by atoms with E-state index >= 15 is 0 Å². The van der Waals surface area contributed by atoms with E-state index in [0.717, 1.165) is 42.7 Å². The normalized spacial score (nSPS) is 13.1. The summed E-state index contributed by atoms with van der Waals surface area (Å²) in [5.41, 5.74) is 19.7. The molecule has 7 aromatic carbocycles. The maximum absolute atomic E-state index is 2.69. The summed E-state index contributed by atoms with van der Waals surface area (Å²) >= 11 is 2.04. The smallest absolute Gasteiger partial charge is 0.264 e. The molecule has 0 fully saturated rings. The summed E-state index contributed by atoms with van der Waals surface area (Å²) < 4.78 is 2.84. The van der Waals surface area contributed by atoms with Gasteiger partial charge in [-0.2, -0.15) is 0 Å². The molecule has 1 aromatic heterocycles. The zero-order valence-electron chi connectivity index (χ0n) is 42.5. The average molecular weight is 938 g/mol. The van der Waals surface area contributed by atoms with Crippen LogP contribution in [0.3, 0.4) is 0 Å². The minimum absolute atomic E-state index is 0.0560. The van der Waals surface area contributed by atoms with Gasteiger partial charge in [-0.1, -0.05) is 165 Å². The number of nitrogens with zero attached hydrogens (tertiary/aromatic N) is 3. The molecule has 2 aliphatic rings. The first-order chi connectivity index (χ1) is 34.5. The van der Waals surface area contributed by atoms with Crippen LogP contribution in [0.25, 0.3) is 10.1 Å². The average Bonchev–Trinajstić information content (AvgIpc) is 3.78. The Balaban J connectivity index is 1.25. The summed E-state index contributed by atoms with van der Waals surface area (Å²) in [5, 5.41) is 1.37. The van der Waals surface area contributed by atoms with Crippen LogP contribution in [0.1, 0.15) is 140 Å². The predicted octanol–water partition coefficient (Wildman–Crippen LogP) is 17.9. The number of unbranched alkanes of at least 4 members (excludes halogenated alkanes) is 7. The number of para-hydroxylation sites is 2. The van der Waals surface area contributed by atoms with Crippen LogP contribution in [0.4, 0.5) is 51.2 Å². The number of hydrogen-bond donors (Lipinski definition) is 0. The SMILES string of the molecule is CCCCCCCc1ccc2c3c(sc2c1)B1c2ccc(N(c4ccccc4)c4ccccc4)cc2N(c2cccc(CCCC)c2)c2cc(C(C)CCCC)cc(c21)N3c1ccc(CCCC)cc1. The molecular weight excluding hydrogens is 866 g/mol. The minimum atomic E-state index is 0.0560. The van der Waals surface area contributed by atoms with Crippen LogP contribution in [0.5, 0.6) is 0 Å². The summed E-state index contributed by atoms with van der Waals surface area (Å²) in [5.74, 6) is 0.399. The Bertz CT molecular complexity index is 2970. The number of thiophene rings is 1. The van der Waals surface area contributed by atoms with Crippen molar-refractivity contribution in [3.63, 3.8) is 0 Å². The van der Waals surface area contributed by atoms with E-state index in [1.165, 1.54) is 153 Å². The van der Waals surface area contributed by atoms with Gasteiger partial charge in [0, 0.05) is 60.4 Å². The fourth-order valence-corrected chi connectivity index (χ4v) is 12.7. The molecule has 0 bridgehead atoms. The molecule has 1 unspecified atom stereocenters. The molecule has 70 heavy (non-hydrogen) atoms. The Morgan fingerprint density at radius 1 is 0.486 bits per heavy atom. The highest BCUT2D eigenvalue weighted by molar-refractivity contribution is 7.33. The van der Waals surface area contributed by atoms with E-state index in [0.29, 0.717) is 5.92 Å². The van der Waals surface area contributed by atoms with E-state index in [2.05, 4.69) is 207 Å². The van der Waals surface area contributed by atoms with Crippen molar-refractivity contribution in [2.75, 3.05) is 14.7 Å². The third-order valence-electron chi connectivity index (χ3n) is 15.2.